The van der Waals surface area contributed by atoms with Gasteiger partial charge in [0.2, 0.25) is 23.6 Å². The van der Waals surface area contributed by atoms with Gasteiger partial charge in [0.15, 0.2) is 0 Å². The molecule has 0 aliphatic carbocycles. The van der Waals surface area contributed by atoms with Crippen molar-refractivity contribution in [1.29, 1.82) is 0 Å². The van der Waals surface area contributed by atoms with Crippen LogP contribution in [0.4, 0.5) is 0 Å². The van der Waals surface area contributed by atoms with E-state index in [0.29, 0.717) is 28.5 Å². The number of aromatic nitrogens is 3. The normalized spacial score (nSPS) is 12.8. The third-order valence-electron chi connectivity index (χ3n) is 18.6. The molecule has 0 saturated heterocycles. The van der Waals surface area contributed by atoms with Gasteiger partial charge in [-0.1, -0.05) is 12.1 Å². The number of esters is 9. The smallest absolute Gasteiger partial charge is 0.306 e. The summed E-state index contributed by atoms with van der Waals surface area (Å²) >= 11 is 0. The quantitative estimate of drug-likeness (QED) is 0.0232. The number of nitrogens with one attached hydrogen (secondary N) is 4. The lowest BCUT2D eigenvalue weighted by atomic mass is 9.80. The summed E-state index contributed by atoms with van der Waals surface area (Å²) < 4.78 is 58.4. The highest BCUT2D eigenvalue weighted by atomic mass is 16.6. The summed E-state index contributed by atoms with van der Waals surface area (Å²) in [6, 6.07) is 14.1. The largest absolute Gasteiger partial charge is 0.493 e. The van der Waals surface area contributed by atoms with E-state index in [-0.39, 0.29) is 135 Å². The molecule has 0 aliphatic rings. The van der Waals surface area contributed by atoms with E-state index in [9.17, 15) is 43.2 Å². The molecule has 0 unspecified atom stereocenters. The second-order valence-electron chi connectivity index (χ2n) is 41.5. The average Bonchev–Trinajstić information content (AvgIpc) is 0.834. The Morgan fingerprint density at radius 2 is 0.432 bits per heavy atom. The Hall–Kier alpha value is -9.64. The van der Waals surface area contributed by atoms with Crippen molar-refractivity contribution in [2.24, 2.45) is 0 Å². The van der Waals surface area contributed by atoms with Crippen molar-refractivity contribution >= 4 is 77.4 Å². The molecule has 0 aromatic carbocycles. The maximum atomic E-state index is 15.7. The standard InChI is InChI=1S/C95H149N7O23/c1-83(2,3)117-74(107)39-51-93(52-40-75(108)118-84(4,5)6,53-41-76(109)119-85(7,8)9)100-71(104)36-48-92(99-70(103)35-32-62-116-65-63-68(66-33-28-30-60-96-66)98-69(64-65)67-34-29-31-61-97-67,49-37-72(105)101-94(54-42-77(110)120-86(10,11)12,55-43-78(111)121-87(13,14)15)56-44-79(112)122-88(16,17)18)50-38-73(106)102-95(57-45-80(113)123-89(19,20)21,58-46-81(114)124-90(22,23)24)59-47-82(115)125-91(25,26)27/h28-31,33-34,60-61,63-64H,32,35-59,62H2,1-27H3,(H,99,103)(H,100,104)(H,101,105)(H,102,106). The van der Waals surface area contributed by atoms with E-state index < -0.39 is 188 Å². The lowest BCUT2D eigenvalue weighted by molar-refractivity contribution is -0.158. The van der Waals surface area contributed by atoms with E-state index >= 15 is 19.2 Å². The number of hydrogen-bond acceptors (Lipinski definition) is 26. The van der Waals surface area contributed by atoms with Gasteiger partial charge >= 0.3 is 53.7 Å². The predicted molar refractivity (Wildman–Crippen MR) is 472 cm³/mol. The maximum Gasteiger partial charge on any atom is 0.306 e. The zero-order valence-electron chi connectivity index (χ0n) is 80.1. The summed E-state index contributed by atoms with van der Waals surface area (Å²) in [7, 11) is 0. The maximum absolute atomic E-state index is 15.7. The zero-order chi connectivity index (χ0) is 95.1. The van der Waals surface area contributed by atoms with Gasteiger partial charge in [-0.05, 0) is 295 Å². The molecule has 30 nitrogen and oxygen atoms in total. The van der Waals surface area contributed by atoms with Gasteiger partial charge in [-0.15, -0.1) is 0 Å². The first kappa shape index (κ1) is 110. The van der Waals surface area contributed by atoms with E-state index in [1.807, 2.05) is 12.1 Å². The Morgan fingerprint density at radius 3 is 0.608 bits per heavy atom. The number of pyridine rings is 3. The number of nitrogens with zero attached hydrogens (tertiary/aromatic N) is 3. The summed E-state index contributed by atoms with van der Waals surface area (Å²) in [5.74, 6) is -8.48. The first-order valence-electron chi connectivity index (χ1n) is 43.8. The number of rotatable bonds is 47. The Bertz CT molecular complexity index is 3470. The summed E-state index contributed by atoms with van der Waals surface area (Å²) in [6.07, 6.45) is -4.42. The Balaban J connectivity index is 2.59. The molecule has 0 spiro atoms. The fourth-order valence-corrected chi connectivity index (χ4v) is 13.6. The topological polar surface area (TPSA) is 401 Å². The van der Waals surface area contributed by atoms with E-state index in [4.69, 9.17) is 52.4 Å². The number of carbonyl (C=O) groups excluding carboxylic acids is 13. The summed E-state index contributed by atoms with van der Waals surface area (Å²) in [6.45, 7) is 45.4. The molecule has 3 rings (SSSR count). The van der Waals surface area contributed by atoms with Gasteiger partial charge in [0.05, 0.1) is 29.4 Å². The summed E-state index contributed by atoms with van der Waals surface area (Å²) in [4.78, 5) is 201. The lowest BCUT2D eigenvalue weighted by Crippen LogP contribution is -2.54. The van der Waals surface area contributed by atoms with Crippen LogP contribution in [0.2, 0.25) is 0 Å². The minimum Gasteiger partial charge on any atom is -0.493 e. The highest BCUT2D eigenvalue weighted by Crippen LogP contribution is 2.37. The van der Waals surface area contributed by atoms with Crippen LogP contribution < -0.4 is 26.0 Å². The van der Waals surface area contributed by atoms with E-state index in [1.54, 1.807) is 236 Å². The average molecular weight is 1760 g/mol. The van der Waals surface area contributed by atoms with Crippen molar-refractivity contribution in [3.63, 3.8) is 0 Å². The summed E-state index contributed by atoms with van der Waals surface area (Å²) in [5, 5.41) is 12.6. The van der Waals surface area contributed by atoms with Gasteiger partial charge in [0, 0.05) is 130 Å². The molecule has 0 radical (unpaired) electrons. The summed E-state index contributed by atoms with van der Waals surface area (Å²) in [5.41, 5.74) is -13.2. The monoisotopic (exact) mass is 1760 g/mol. The number of amides is 4. The first-order chi connectivity index (χ1) is 57.1. The number of carbonyl (C=O) groups is 13. The molecule has 0 atom stereocenters. The molecule has 125 heavy (non-hydrogen) atoms. The zero-order valence-corrected chi connectivity index (χ0v) is 80.1. The van der Waals surface area contributed by atoms with Crippen molar-refractivity contribution in [2.45, 2.75) is 426 Å². The minimum absolute atomic E-state index is 0.0317. The molecular weight excluding hydrogens is 1610 g/mol. The molecule has 4 N–H and O–H groups in total. The van der Waals surface area contributed by atoms with Crippen LogP contribution in [0.15, 0.2) is 60.9 Å². The Kier molecular flexibility index (Phi) is 41.4. The lowest BCUT2D eigenvalue weighted by Gasteiger charge is -2.39. The van der Waals surface area contributed by atoms with Crippen molar-refractivity contribution in [3.8, 4) is 28.5 Å². The van der Waals surface area contributed by atoms with Gasteiger partial charge < -0.3 is 68.6 Å². The van der Waals surface area contributed by atoms with E-state index in [0.717, 1.165) is 0 Å². The van der Waals surface area contributed by atoms with E-state index in [1.165, 1.54) is 0 Å². The van der Waals surface area contributed by atoms with Crippen molar-refractivity contribution in [1.82, 2.24) is 36.2 Å². The third-order valence-corrected chi connectivity index (χ3v) is 18.6. The first-order valence-corrected chi connectivity index (χ1v) is 43.8. The molecule has 3 aromatic heterocycles. The number of hydrogen-bond donors (Lipinski definition) is 4. The molecule has 3 aromatic rings. The highest BCUT2D eigenvalue weighted by molar-refractivity contribution is 5.83. The van der Waals surface area contributed by atoms with Crippen LogP contribution in [-0.2, 0) is 105 Å². The van der Waals surface area contributed by atoms with E-state index in [2.05, 4.69) is 31.2 Å². The fraction of sp³-hybridized carbons (Fsp3) is 0.705. The Morgan fingerprint density at radius 1 is 0.248 bits per heavy atom. The minimum atomic E-state index is -1.84. The number of ether oxygens (including phenoxy) is 10. The van der Waals surface area contributed by atoms with Gasteiger partial charge in [0.25, 0.3) is 0 Å². The molecule has 702 valence electrons. The fourth-order valence-electron chi connectivity index (χ4n) is 13.6. The van der Waals surface area contributed by atoms with Crippen LogP contribution in [0.25, 0.3) is 22.8 Å². The molecular formula is C95H149N7O23. The SMILES string of the molecule is CC(C)(C)OC(=O)CCC(CCC(=O)OC(C)(C)C)(CCC(=O)OC(C)(C)C)NC(=O)CCC(CCC(=O)NC(CCC(=O)OC(C)(C)C)(CCC(=O)OC(C)(C)C)CCC(=O)OC(C)(C)C)(CCC(=O)NC(CCC(=O)OC(C)(C)C)(CCC(=O)OC(C)(C)C)CCC(=O)OC(C)(C)C)NC(=O)CCCOc1cc(-c2ccccn2)nc(-c2ccccn2)c1. The highest BCUT2D eigenvalue weighted by Gasteiger charge is 2.43. The van der Waals surface area contributed by atoms with Crippen molar-refractivity contribution in [3.05, 3.63) is 60.9 Å². The second kappa shape index (κ2) is 47.2. The van der Waals surface area contributed by atoms with Gasteiger partial charge in [-0.25, -0.2) is 4.98 Å². The van der Waals surface area contributed by atoms with Crippen LogP contribution in [0.1, 0.15) is 354 Å². The van der Waals surface area contributed by atoms with Crippen LogP contribution in [0, 0.1) is 0 Å². The second-order valence-corrected chi connectivity index (χ2v) is 41.5. The Labute approximate surface area is 742 Å². The van der Waals surface area contributed by atoms with Crippen molar-refractivity contribution in [2.75, 3.05) is 6.61 Å². The van der Waals surface area contributed by atoms with Gasteiger partial charge in [-0.3, -0.25) is 72.3 Å². The van der Waals surface area contributed by atoms with Gasteiger partial charge in [-0.2, -0.15) is 0 Å². The molecule has 3 heterocycles. The molecule has 4 amide bonds. The molecule has 0 aliphatic heterocycles. The molecule has 0 saturated carbocycles. The van der Waals surface area contributed by atoms with Gasteiger partial charge in [0.1, 0.15) is 56.2 Å². The van der Waals surface area contributed by atoms with Crippen LogP contribution in [-0.4, -0.2) is 171 Å². The molecule has 30 heteroatoms. The van der Waals surface area contributed by atoms with Crippen molar-refractivity contribution < 1.29 is 110 Å². The van der Waals surface area contributed by atoms with Crippen LogP contribution >= 0.6 is 0 Å². The van der Waals surface area contributed by atoms with Crippen LogP contribution in [0.3, 0.4) is 0 Å². The third kappa shape index (κ3) is 49.7. The predicted octanol–water partition coefficient (Wildman–Crippen LogP) is 16.2. The van der Waals surface area contributed by atoms with Crippen LogP contribution in [0.5, 0.6) is 5.75 Å². The molecule has 0 fully saturated rings. The molecule has 0 bridgehead atoms.